The highest BCUT2D eigenvalue weighted by molar-refractivity contribution is 5.49. The highest BCUT2D eigenvalue weighted by atomic mass is 16.5. The van der Waals surface area contributed by atoms with Gasteiger partial charge in [-0.15, -0.1) is 0 Å². The van der Waals surface area contributed by atoms with Gasteiger partial charge < -0.3 is 4.74 Å². The predicted octanol–water partition coefficient (Wildman–Crippen LogP) is 7.71. The first kappa shape index (κ1) is 20.7. The summed E-state index contributed by atoms with van der Waals surface area (Å²) in [5.74, 6) is 2.00. The average molecular weight is 399 g/mol. The number of aryl methyl sites for hydroxylation is 5. The molecule has 4 rings (SSSR count). The van der Waals surface area contributed by atoms with Gasteiger partial charge in [-0.25, -0.2) is 0 Å². The van der Waals surface area contributed by atoms with E-state index >= 15 is 0 Å². The summed E-state index contributed by atoms with van der Waals surface area (Å²) in [7, 11) is 0. The van der Waals surface area contributed by atoms with E-state index in [9.17, 15) is 0 Å². The lowest BCUT2D eigenvalue weighted by Crippen LogP contribution is -2.29. The molecule has 1 aliphatic rings. The second-order valence-corrected chi connectivity index (χ2v) is 9.30. The van der Waals surface area contributed by atoms with Crippen LogP contribution in [0.15, 0.2) is 54.6 Å². The minimum absolute atomic E-state index is 0.0949. The lowest BCUT2D eigenvalue weighted by atomic mass is 9.74. The molecule has 0 fully saturated rings. The van der Waals surface area contributed by atoms with Gasteiger partial charge in [0.2, 0.25) is 0 Å². The topological polar surface area (TPSA) is 9.23 Å². The second kappa shape index (κ2) is 8.30. The molecule has 0 bridgehead atoms. The number of rotatable bonds is 4. The van der Waals surface area contributed by atoms with Gasteiger partial charge in [-0.3, -0.25) is 0 Å². The minimum atomic E-state index is 0.0949. The van der Waals surface area contributed by atoms with Crippen molar-refractivity contribution in [1.82, 2.24) is 0 Å². The Labute approximate surface area is 182 Å². The molecule has 0 amide bonds. The van der Waals surface area contributed by atoms with Crippen molar-refractivity contribution >= 4 is 0 Å². The molecule has 0 aliphatic carbocycles. The lowest BCUT2D eigenvalue weighted by molar-refractivity contribution is 0.0985. The first-order chi connectivity index (χ1) is 14.3. The van der Waals surface area contributed by atoms with E-state index in [1.54, 1.807) is 0 Å². The van der Waals surface area contributed by atoms with Crippen molar-refractivity contribution in [2.75, 3.05) is 0 Å². The van der Waals surface area contributed by atoms with Crippen molar-refractivity contribution in [1.29, 1.82) is 0 Å². The molecular formula is C29H34O. The minimum Gasteiger partial charge on any atom is -0.485 e. The molecule has 0 radical (unpaired) electrons. The highest BCUT2D eigenvalue weighted by Crippen LogP contribution is 2.49. The number of ether oxygens (including phenoxy) is 1. The zero-order chi connectivity index (χ0) is 21.4. The maximum atomic E-state index is 6.72. The smallest absolute Gasteiger partial charge is 0.127 e. The molecule has 0 spiro atoms. The zero-order valence-electron chi connectivity index (χ0n) is 19.3. The van der Waals surface area contributed by atoms with E-state index in [4.69, 9.17) is 4.74 Å². The molecule has 3 atom stereocenters. The molecule has 0 N–H and O–H groups in total. The zero-order valence-corrected chi connectivity index (χ0v) is 19.3. The van der Waals surface area contributed by atoms with Crippen molar-refractivity contribution in [3.05, 3.63) is 99.1 Å². The molecule has 2 unspecified atom stereocenters. The summed E-state index contributed by atoms with van der Waals surface area (Å²) in [6.07, 6.45) is 2.34. The van der Waals surface area contributed by atoms with E-state index in [2.05, 4.69) is 96.1 Å². The third-order valence-electron chi connectivity index (χ3n) is 7.09. The van der Waals surface area contributed by atoms with E-state index < -0.39 is 0 Å². The molecule has 156 valence electrons. The maximum Gasteiger partial charge on any atom is 0.127 e. The molecule has 3 aromatic rings. The Bertz CT molecular complexity index is 1020. The lowest BCUT2D eigenvalue weighted by Gasteiger charge is -2.40. The molecule has 1 aliphatic heterocycles. The summed E-state index contributed by atoms with van der Waals surface area (Å²) >= 11 is 0. The number of benzene rings is 3. The molecular weight excluding hydrogens is 364 g/mol. The first-order valence-corrected chi connectivity index (χ1v) is 11.2. The fourth-order valence-corrected chi connectivity index (χ4v) is 5.21. The van der Waals surface area contributed by atoms with Crippen LogP contribution < -0.4 is 4.74 Å². The summed E-state index contributed by atoms with van der Waals surface area (Å²) < 4.78 is 6.72. The SMILES string of the molecule is Cc1cc(C)c2c(c1)O[C@H](c1cc(C)c(C)c(C)c1)C(C)C2CCc1ccccc1. The largest absolute Gasteiger partial charge is 0.485 e. The van der Waals surface area contributed by atoms with Gasteiger partial charge in [0.25, 0.3) is 0 Å². The van der Waals surface area contributed by atoms with Gasteiger partial charge in [0.15, 0.2) is 0 Å². The summed E-state index contributed by atoms with van der Waals surface area (Å²) in [4.78, 5) is 0. The number of hydrogen-bond acceptors (Lipinski definition) is 1. The van der Waals surface area contributed by atoms with Crippen LogP contribution in [-0.4, -0.2) is 0 Å². The third-order valence-corrected chi connectivity index (χ3v) is 7.09. The Hall–Kier alpha value is -2.54. The predicted molar refractivity (Wildman–Crippen MR) is 127 cm³/mol. The molecule has 1 nitrogen and oxygen atoms in total. The van der Waals surface area contributed by atoms with Crippen LogP contribution in [0.25, 0.3) is 0 Å². The quantitative estimate of drug-likeness (QED) is 0.437. The first-order valence-electron chi connectivity index (χ1n) is 11.2. The van der Waals surface area contributed by atoms with Crippen molar-refractivity contribution < 1.29 is 4.74 Å². The molecule has 0 aromatic heterocycles. The molecule has 1 heteroatoms. The summed E-state index contributed by atoms with van der Waals surface area (Å²) in [5, 5.41) is 0. The van der Waals surface area contributed by atoms with Crippen molar-refractivity contribution in [2.45, 2.75) is 66.4 Å². The van der Waals surface area contributed by atoms with Crippen molar-refractivity contribution in [2.24, 2.45) is 5.92 Å². The maximum absolute atomic E-state index is 6.72. The van der Waals surface area contributed by atoms with Gasteiger partial charge in [-0.2, -0.15) is 0 Å². The van der Waals surface area contributed by atoms with Gasteiger partial charge in [-0.05, 0) is 98.4 Å². The fourth-order valence-electron chi connectivity index (χ4n) is 5.21. The average Bonchev–Trinajstić information content (AvgIpc) is 2.71. The van der Waals surface area contributed by atoms with Crippen LogP contribution in [0, 0.1) is 40.5 Å². The van der Waals surface area contributed by atoms with E-state index in [1.807, 2.05) is 0 Å². The molecule has 0 saturated carbocycles. The Kier molecular flexibility index (Phi) is 5.73. The fraction of sp³-hybridized carbons (Fsp3) is 0.379. The van der Waals surface area contributed by atoms with Gasteiger partial charge in [0, 0.05) is 11.5 Å². The van der Waals surface area contributed by atoms with Crippen molar-refractivity contribution in [3.63, 3.8) is 0 Å². The van der Waals surface area contributed by atoms with E-state index in [-0.39, 0.29) is 6.10 Å². The van der Waals surface area contributed by atoms with E-state index in [0.29, 0.717) is 11.8 Å². The van der Waals surface area contributed by atoms with Crippen LogP contribution in [0.2, 0.25) is 0 Å². The monoisotopic (exact) mass is 398 g/mol. The van der Waals surface area contributed by atoms with Crippen LogP contribution in [0.5, 0.6) is 5.75 Å². The third kappa shape index (κ3) is 3.90. The second-order valence-electron chi connectivity index (χ2n) is 9.30. The van der Waals surface area contributed by atoms with Crippen LogP contribution in [0.4, 0.5) is 0 Å². The molecule has 3 aromatic carbocycles. The van der Waals surface area contributed by atoms with Crippen LogP contribution in [0.1, 0.15) is 69.9 Å². The van der Waals surface area contributed by atoms with Crippen molar-refractivity contribution in [3.8, 4) is 5.75 Å². The molecule has 1 heterocycles. The Morgan fingerprint density at radius 1 is 0.800 bits per heavy atom. The summed E-state index contributed by atoms with van der Waals surface area (Å²) in [5.41, 5.74) is 10.9. The molecule has 0 saturated heterocycles. The van der Waals surface area contributed by atoms with Gasteiger partial charge in [-0.1, -0.05) is 55.5 Å². The van der Waals surface area contributed by atoms with Crippen LogP contribution >= 0.6 is 0 Å². The Balaban J connectivity index is 1.74. The highest BCUT2D eigenvalue weighted by Gasteiger charge is 2.37. The Morgan fingerprint density at radius 2 is 1.47 bits per heavy atom. The normalized spacial score (nSPS) is 20.5. The van der Waals surface area contributed by atoms with Crippen LogP contribution in [-0.2, 0) is 6.42 Å². The molecule has 30 heavy (non-hydrogen) atoms. The summed E-state index contributed by atoms with van der Waals surface area (Å²) in [6.45, 7) is 13.4. The van der Waals surface area contributed by atoms with E-state index in [0.717, 1.165) is 18.6 Å². The number of hydrogen-bond donors (Lipinski definition) is 0. The number of fused-ring (bicyclic) bond motifs is 1. The van der Waals surface area contributed by atoms with Gasteiger partial charge in [0.05, 0.1) is 0 Å². The standard InChI is InChI=1S/C29H34O/c1-18-14-21(4)28-26(13-12-24-10-8-7-9-11-24)23(6)29(30-27(28)15-18)25-16-19(2)22(5)20(3)17-25/h7-11,14-17,23,26,29H,12-13H2,1-6H3/t23?,26?,29-/m0/s1. The van der Waals surface area contributed by atoms with Gasteiger partial charge >= 0.3 is 0 Å². The Morgan fingerprint density at radius 3 is 2.13 bits per heavy atom. The summed E-state index contributed by atoms with van der Waals surface area (Å²) in [6, 6.07) is 20.1. The van der Waals surface area contributed by atoms with E-state index in [1.165, 1.54) is 44.5 Å². The van der Waals surface area contributed by atoms with Crippen LogP contribution in [0.3, 0.4) is 0 Å². The van der Waals surface area contributed by atoms with Gasteiger partial charge in [0.1, 0.15) is 11.9 Å².